The Morgan fingerprint density at radius 2 is 2.35 bits per heavy atom. The number of carboxylic acids is 1. The zero-order valence-corrected chi connectivity index (χ0v) is 9.92. The minimum Gasteiger partial charge on any atom is -0.478 e. The van der Waals surface area contributed by atoms with E-state index in [0.29, 0.717) is 13.1 Å². The fourth-order valence-corrected chi connectivity index (χ4v) is 1.49. The van der Waals surface area contributed by atoms with Crippen molar-refractivity contribution in [3.8, 4) is 6.07 Å². The lowest BCUT2D eigenvalue weighted by Crippen LogP contribution is -2.23. The molecule has 0 aliphatic heterocycles. The van der Waals surface area contributed by atoms with Gasteiger partial charge in [0.25, 0.3) is 0 Å². The summed E-state index contributed by atoms with van der Waals surface area (Å²) >= 11 is 0. The number of hydrogen-bond donors (Lipinski definition) is 1. The number of nitrogens with zero attached hydrogens (tertiary/aromatic N) is 3. The SMILES string of the molecule is CC(C#N)CN(C)Cc1ccc(C(=O)O)cn1. The third kappa shape index (κ3) is 4.21. The van der Waals surface area contributed by atoms with Crippen LogP contribution in [0.4, 0.5) is 0 Å². The highest BCUT2D eigenvalue weighted by Gasteiger charge is 2.07. The van der Waals surface area contributed by atoms with Crippen molar-refractivity contribution in [2.75, 3.05) is 13.6 Å². The number of carbonyl (C=O) groups is 1. The van der Waals surface area contributed by atoms with Crippen LogP contribution in [0.2, 0.25) is 0 Å². The standard InChI is InChI=1S/C12H15N3O2/c1-9(5-13)7-15(2)8-11-4-3-10(6-14-11)12(16)17/h3-4,6,9H,7-8H2,1-2H3,(H,16,17). The van der Waals surface area contributed by atoms with E-state index in [1.54, 1.807) is 6.07 Å². The van der Waals surface area contributed by atoms with Crippen LogP contribution in [0.3, 0.4) is 0 Å². The van der Waals surface area contributed by atoms with Gasteiger partial charge in [-0.1, -0.05) is 0 Å². The second kappa shape index (κ2) is 5.97. The molecule has 5 nitrogen and oxygen atoms in total. The monoisotopic (exact) mass is 233 g/mol. The van der Waals surface area contributed by atoms with E-state index < -0.39 is 5.97 Å². The maximum Gasteiger partial charge on any atom is 0.337 e. The van der Waals surface area contributed by atoms with E-state index in [1.165, 1.54) is 12.3 Å². The normalized spacial score (nSPS) is 12.1. The molecule has 5 heteroatoms. The molecule has 0 radical (unpaired) electrons. The summed E-state index contributed by atoms with van der Waals surface area (Å²) in [6.07, 6.45) is 1.35. The maximum atomic E-state index is 10.6. The van der Waals surface area contributed by atoms with Crippen LogP contribution < -0.4 is 0 Å². The van der Waals surface area contributed by atoms with Gasteiger partial charge in [0.15, 0.2) is 0 Å². The second-order valence-corrected chi connectivity index (χ2v) is 4.07. The Bertz CT molecular complexity index is 422. The molecule has 90 valence electrons. The first-order chi connectivity index (χ1) is 8.02. The van der Waals surface area contributed by atoms with Crippen LogP contribution in [-0.4, -0.2) is 34.6 Å². The van der Waals surface area contributed by atoms with Crippen LogP contribution in [0.1, 0.15) is 23.0 Å². The van der Waals surface area contributed by atoms with Gasteiger partial charge in [-0.25, -0.2) is 4.79 Å². The summed E-state index contributed by atoms with van der Waals surface area (Å²) in [5.74, 6) is -1.01. The summed E-state index contributed by atoms with van der Waals surface area (Å²) in [6.45, 7) is 3.13. The smallest absolute Gasteiger partial charge is 0.337 e. The minimum atomic E-state index is -0.976. The Kier molecular flexibility index (Phi) is 4.61. The highest BCUT2D eigenvalue weighted by atomic mass is 16.4. The van der Waals surface area contributed by atoms with Crippen LogP contribution >= 0.6 is 0 Å². The second-order valence-electron chi connectivity index (χ2n) is 4.07. The first-order valence-electron chi connectivity index (χ1n) is 5.29. The molecule has 0 spiro atoms. The topological polar surface area (TPSA) is 77.2 Å². The predicted octanol–water partition coefficient (Wildman–Crippen LogP) is 1.37. The summed E-state index contributed by atoms with van der Waals surface area (Å²) < 4.78 is 0. The number of aromatic nitrogens is 1. The van der Waals surface area contributed by atoms with Gasteiger partial charge in [-0.15, -0.1) is 0 Å². The molecule has 1 aromatic heterocycles. The van der Waals surface area contributed by atoms with Crippen LogP contribution in [0, 0.1) is 17.2 Å². The lowest BCUT2D eigenvalue weighted by molar-refractivity contribution is 0.0696. The average molecular weight is 233 g/mol. The van der Waals surface area contributed by atoms with E-state index in [9.17, 15) is 4.79 Å². The van der Waals surface area contributed by atoms with Crippen molar-refractivity contribution in [1.29, 1.82) is 5.26 Å². The molecular weight excluding hydrogens is 218 g/mol. The minimum absolute atomic E-state index is 0.0294. The van der Waals surface area contributed by atoms with Gasteiger partial charge in [-0.05, 0) is 26.1 Å². The fraction of sp³-hybridized carbons (Fsp3) is 0.417. The van der Waals surface area contributed by atoms with E-state index in [0.717, 1.165) is 5.69 Å². The van der Waals surface area contributed by atoms with E-state index >= 15 is 0 Å². The van der Waals surface area contributed by atoms with Crippen LogP contribution in [0.15, 0.2) is 18.3 Å². The lowest BCUT2D eigenvalue weighted by Gasteiger charge is -2.17. The maximum absolute atomic E-state index is 10.6. The number of aromatic carboxylic acids is 1. The number of pyridine rings is 1. The average Bonchev–Trinajstić information content (AvgIpc) is 2.29. The number of carboxylic acid groups (broad SMARTS) is 1. The first-order valence-corrected chi connectivity index (χ1v) is 5.29. The zero-order valence-electron chi connectivity index (χ0n) is 9.92. The van der Waals surface area contributed by atoms with Gasteiger partial charge in [0.2, 0.25) is 0 Å². The summed E-state index contributed by atoms with van der Waals surface area (Å²) in [5, 5.41) is 17.4. The molecule has 0 bridgehead atoms. The van der Waals surface area contributed by atoms with Gasteiger partial charge in [0, 0.05) is 19.3 Å². The molecule has 0 aliphatic rings. The highest BCUT2D eigenvalue weighted by molar-refractivity contribution is 5.87. The van der Waals surface area contributed by atoms with Crippen LogP contribution in [0.25, 0.3) is 0 Å². The molecule has 0 saturated carbocycles. The van der Waals surface area contributed by atoms with E-state index in [4.69, 9.17) is 10.4 Å². The molecule has 0 aromatic carbocycles. The Morgan fingerprint density at radius 1 is 1.65 bits per heavy atom. The van der Waals surface area contributed by atoms with Crippen molar-refractivity contribution in [3.63, 3.8) is 0 Å². The van der Waals surface area contributed by atoms with Crippen LogP contribution in [0.5, 0.6) is 0 Å². The molecular formula is C12H15N3O2. The van der Waals surface area contributed by atoms with Crippen molar-refractivity contribution < 1.29 is 9.90 Å². The van der Waals surface area contributed by atoms with Gasteiger partial charge in [0.05, 0.1) is 23.2 Å². The quantitative estimate of drug-likeness (QED) is 0.831. The number of hydrogen-bond acceptors (Lipinski definition) is 4. The van der Waals surface area contributed by atoms with E-state index in [2.05, 4.69) is 11.1 Å². The van der Waals surface area contributed by atoms with Crippen LogP contribution in [-0.2, 0) is 6.54 Å². The van der Waals surface area contributed by atoms with E-state index in [-0.39, 0.29) is 11.5 Å². The first kappa shape index (κ1) is 13.1. The summed E-state index contributed by atoms with van der Waals surface area (Å²) in [7, 11) is 1.90. The molecule has 0 fully saturated rings. The lowest BCUT2D eigenvalue weighted by atomic mass is 10.2. The molecule has 1 unspecified atom stereocenters. The molecule has 0 amide bonds. The fourth-order valence-electron chi connectivity index (χ4n) is 1.49. The molecule has 1 heterocycles. The summed E-state index contributed by atoms with van der Waals surface area (Å²) in [4.78, 5) is 16.7. The molecule has 1 atom stereocenters. The molecule has 1 rings (SSSR count). The highest BCUT2D eigenvalue weighted by Crippen LogP contribution is 2.05. The molecule has 1 aromatic rings. The van der Waals surface area contributed by atoms with Gasteiger partial charge in [0.1, 0.15) is 0 Å². The number of rotatable bonds is 5. The van der Waals surface area contributed by atoms with Gasteiger partial charge in [-0.2, -0.15) is 5.26 Å². The predicted molar refractivity (Wildman–Crippen MR) is 62.3 cm³/mol. The largest absolute Gasteiger partial charge is 0.478 e. The Morgan fingerprint density at radius 3 is 2.82 bits per heavy atom. The molecule has 0 aliphatic carbocycles. The summed E-state index contributed by atoms with van der Waals surface area (Å²) in [5.41, 5.74) is 0.976. The Hall–Kier alpha value is -1.93. The molecule has 0 saturated heterocycles. The third-order valence-electron chi connectivity index (χ3n) is 2.31. The van der Waals surface area contributed by atoms with Crippen molar-refractivity contribution in [3.05, 3.63) is 29.6 Å². The van der Waals surface area contributed by atoms with Gasteiger partial charge in [-0.3, -0.25) is 9.88 Å². The molecule has 1 N–H and O–H groups in total. The van der Waals surface area contributed by atoms with Gasteiger partial charge < -0.3 is 5.11 Å². The zero-order chi connectivity index (χ0) is 12.8. The third-order valence-corrected chi connectivity index (χ3v) is 2.31. The number of nitriles is 1. The van der Waals surface area contributed by atoms with Crippen molar-refractivity contribution in [2.24, 2.45) is 5.92 Å². The van der Waals surface area contributed by atoms with Gasteiger partial charge >= 0.3 is 5.97 Å². The van der Waals surface area contributed by atoms with Crippen molar-refractivity contribution >= 4 is 5.97 Å². The van der Waals surface area contributed by atoms with Crippen molar-refractivity contribution in [2.45, 2.75) is 13.5 Å². The molecule has 17 heavy (non-hydrogen) atoms. The van der Waals surface area contributed by atoms with Crippen molar-refractivity contribution in [1.82, 2.24) is 9.88 Å². The Balaban J connectivity index is 2.57. The van der Waals surface area contributed by atoms with E-state index in [1.807, 2.05) is 18.9 Å². The summed E-state index contributed by atoms with van der Waals surface area (Å²) in [6, 6.07) is 5.39. The Labute approximate surface area is 100 Å².